The summed E-state index contributed by atoms with van der Waals surface area (Å²) in [7, 11) is 0. The third kappa shape index (κ3) is 7.54. The Labute approximate surface area is 267 Å². The molecule has 3 aliphatic heterocycles. The van der Waals surface area contributed by atoms with Gasteiger partial charge in [0.15, 0.2) is 0 Å². The molecule has 0 unspecified atom stereocenters. The summed E-state index contributed by atoms with van der Waals surface area (Å²) in [6, 6.07) is 3.31. The third-order valence-corrected chi connectivity index (χ3v) is 8.96. The fraction of sp³-hybridized carbons (Fsp3) is 0.594. The number of hydrogen-bond donors (Lipinski definition) is 3. The van der Waals surface area contributed by atoms with Crippen molar-refractivity contribution in [1.82, 2.24) is 20.4 Å². The van der Waals surface area contributed by atoms with E-state index in [9.17, 15) is 29.1 Å². The van der Waals surface area contributed by atoms with Crippen LogP contribution < -0.4 is 10.6 Å². The van der Waals surface area contributed by atoms with Crippen molar-refractivity contribution in [3.63, 3.8) is 0 Å². The molecular formula is C32H41ClN4O8. The predicted molar refractivity (Wildman–Crippen MR) is 163 cm³/mol. The second-order valence-electron chi connectivity index (χ2n) is 13.4. The molecule has 1 aromatic carbocycles. The van der Waals surface area contributed by atoms with Gasteiger partial charge in [0.25, 0.3) is 0 Å². The highest BCUT2D eigenvalue weighted by molar-refractivity contribution is 6.30. The Hall–Kier alpha value is -3.80. The monoisotopic (exact) mass is 644 g/mol. The van der Waals surface area contributed by atoms with Crippen molar-refractivity contribution in [3.05, 3.63) is 46.5 Å². The number of allylic oxidation sites excluding steroid dienone is 1. The van der Waals surface area contributed by atoms with E-state index in [0.717, 1.165) is 30.4 Å². The number of halogens is 1. The Morgan fingerprint density at radius 2 is 1.87 bits per heavy atom. The van der Waals surface area contributed by atoms with E-state index in [1.165, 1.54) is 9.80 Å². The number of carbonyl (C=O) groups excluding carboxylic acids is 4. The lowest BCUT2D eigenvalue weighted by atomic mass is 10.0. The third-order valence-electron chi connectivity index (χ3n) is 8.73. The first-order valence-electron chi connectivity index (χ1n) is 15.5. The summed E-state index contributed by atoms with van der Waals surface area (Å²) in [6.45, 7) is 5.71. The van der Waals surface area contributed by atoms with Crippen molar-refractivity contribution in [2.45, 2.75) is 108 Å². The molecule has 12 nitrogen and oxygen atoms in total. The molecular weight excluding hydrogens is 604 g/mol. The number of fused-ring (bicyclic) bond motifs is 3. The number of nitrogens with one attached hydrogen (secondary N) is 2. The van der Waals surface area contributed by atoms with Crippen LogP contribution in [0.3, 0.4) is 0 Å². The van der Waals surface area contributed by atoms with E-state index in [0.29, 0.717) is 31.0 Å². The lowest BCUT2D eigenvalue weighted by molar-refractivity contribution is -0.145. The fourth-order valence-electron chi connectivity index (χ4n) is 6.31. The van der Waals surface area contributed by atoms with Crippen molar-refractivity contribution < 1.29 is 38.6 Å². The molecule has 0 bridgehead atoms. The molecule has 5 atom stereocenters. The smallest absolute Gasteiger partial charge is 0.410 e. The molecule has 1 saturated carbocycles. The summed E-state index contributed by atoms with van der Waals surface area (Å²) in [5, 5.41) is 16.0. The number of aliphatic carboxylic acids is 1. The molecule has 1 aromatic rings. The molecule has 4 amide bonds. The van der Waals surface area contributed by atoms with Crippen LogP contribution in [0.15, 0.2) is 30.4 Å². The quantitative estimate of drug-likeness (QED) is 0.415. The molecule has 3 N–H and O–H groups in total. The van der Waals surface area contributed by atoms with E-state index in [1.54, 1.807) is 32.9 Å². The van der Waals surface area contributed by atoms with E-state index in [2.05, 4.69) is 10.6 Å². The average molecular weight is 645 g/mol. The van der Waals surface area contributed by atoms with Gasteiger partial charge in [0.2, 0.25) is 11.8 Å². The lowest BCUT2D eigenvalue weighted by Crippen LogP contribution is -2.56. The Kier molecular flexibility index (Phi) is 9.34. The molecule has 244 valence electrons. The first-order chi connectivity index (χ1) is 21.3. The molecule has 5 rings (SSSR count). The van der Waals surface area contributed by atoms with Crippen molar-refractivity contribution in [2.24, 2.45) is 5.92 Å². The van der Waals surface area contributed by atoms with Gasteiger partial charge in [0.1, 0.15) is 29.3 Å². The van der Waals surface area contributed by atoms with Gasteiger partial charge in [-0.15, -0.1) is 0 Å². The number of hydrogen-bond acceptors (Lipinski definition) is 7. The average Bonchev–Trinajstić information content (AvgIpc) is 3.26. The minimum atomic E-state index is -1.46. The van der Waals surface area contributed by atoms with Gasteiger partial charge in [-0.25, -0.2) is 14.4 Å². The van der Waals surface area contributed by atoms with Gasteiger partial charge in [-0.1, -0.05) is 42.7 Å². The van der Waals surface area contributed by atoms with Gasteiger partial charge in [0, 0.05) is 30.5 Å². The van der Waals surface area contributed by atoms with Gasteiger partial charge in [-0.3, -0.25) is 14.5 Å². The van der Waals surface area contributed by atoms with Crippen LogP contribution in [0.2, 0.25) is 5.02 Å². The molecule has 3 heterocycles. The van der Waals surface area contributed by atoms with Crippen LogP contribution in [0, 0.1) is 5.92 Å². The molecule has 2 fully saturated rings. The van der Waals surface area contributed by atoms with Crippen molar-refractivity contribution in [2.75, 3.05) is 6.54 Å². The molecule has 1 saturated heterocycles. The number of alkyl carbamates (subject to hydrolysis) is 1. The highest BCUT2D eigenvalue weighted by atomic mass is 35.5. The maximum absolute atomic E-state index is 14.1. The molecule has 0 aromatic heterocycles. The molecule has 13 heteroatoms. The Balaban J connectivity index is 1.36. The number of carboxylic acids is 1. The first kappa shape index (κ1) is 32.6. The summed E-state index contributed by atoms with van der Waals surface area (Å²) in [5.74, 6) is -2.68. The zero-order valence-electron chi connectivity index (χ0n) is 25.8. The second kappa shape index (κ2) is 12.9. The lowest BCUT2D eigenvalue weighted by Gasteiger charge is -2.30. The van der Waals surface area contributed by atoms with Crippen LogP contribution in [-0.4, -0.2) is 80.7 Å². The number of amides is 4. The van der Waals surface area contributed by atoms with E-state index in [-0.39, 0.29) is 25.3 Å². The molecule has 4 aliphatic rings. The van der Waals surface area contributed by atoms with Gasteiger partial charge in [0.05, 0.1) is 6.54 Å². The maximum Gasteiger partial charge on any atom is 0.410 e. The van der Waals surface area contributed by atoms with Gasteiger partial charge >= 0.3 is 18.2 Å². The standard InChI is InChI=1S/C32H41ClN4O8/c1-31(2,3)45-29(42)34-24-10-8-6-4-5-7-9-21-15-32(21,28(40)41)35-26(38)25-14-23(18-37(25)27(24)39)44-30(43)36-16-19-11-12-22(33)13-20(19)17-36/h7,9,11-13,21,23-25H,4-6,8,10,14-18H2,1-3H3,(H,34,42)(H,35,38)(H,40,41)/t21-,23-,24+,25+,32-/m1/s1. The van der Waals surface area contributed by atoms with Crippen LogP contribution in [0.4, 0.5) is 9.59 Å². The van der Waals surface area contributed by atoms with E-state index in [4.69, 9.17) is 21.1 Å². The SMILES string of the molecule is CC(C)(C)OC(=O)N[C@H]1CCCCCC=C[C@@H]2C[C@@]2(C(=O)O)NC(=O)[C@@H]2C[C@@H](OC(=O)N3Cc4ccc(Cl)cc4C3)CN2C1=O. The van der Waals surface area contributed by atoms with Crippen LogP contribution in [0.1, 0.15) is 76.8 Å². The van der Waals surface area contributed by atoms with Crippen LogP contribution in [-0.2, 0) is 36.9 Å². The van der Waals surface area contributed by atoms with E-state index in [1.807, 2.05) is 18.2 Å². The molecule has 45 heavy (non-hydrogen) atoms. The summed E-state index contributed by atoms with van der Waals surface area (Å²) in [5.41, 5.74) is -0.390. The van der Waals surface area contributed by atoms with Crippen LogP contribution >= 0.6 is 11.6 Å². The maximum atomic E-state index is 14.1. The van der Waals surface area contributed by atoms with E-state index >= 15 is 0 Å². The number of carbonyl (C=O) groups is 5. The summed E-state index contributed by atoms with van der Waals surface area (Å²) < 4.78 is 11.2. The number of carboxylic acid groups (broad SMARTS) is 1. The number of rotatable bonds is 3. The number of benzene rings is 1. The second-order valence-corrected chi connectivity index (χ2v) is 13.8. The molecule has 0 radical (unpaired) electrons. The zero-order valence-corrected chi connectivity index (χ0v) is 26.6. The zero-order chi connectivity index (χ0) is 32.5. The van der Waals surface area contributed by atoms with Gasteiger partial charge in [-0.05, 0) is 69.7 Å². The predicted octanol–water partition coefficient (Wildman–Crippen LogP) is 4.13. The minimum absolute atomic E-state index is 0.0225. The van der Waals surface area contributed by atoms with Crippen molar-refractivity contribution in [3.8, 4) is 0 Å². The van der Waals surface area contributed by atoms with Crippen LogP contribution in [0.25, 0.3) is 0 Å². The summed E-state index contributed by atoms with van der Waals surface area (Å²) in [6.07, 6.45) is 5.08. The normalized spacial score (nSPS) is 28.5. The highest BCUT2D eigenvalue weighted by Crippen LogP contribution is 2.45. The van der Waals surface area contributed by atoms with Gasteiger partial charge in [-0.2, -0.15) is 0 Å². The van der Waals surface area contributed by atoms with E-state index < -0.39 is 59.3 Å². The summed E-state index contributed by atoms with van der Waals surface area (Å²) in [4.78, 5) is 68.9. The minimum Gasteiger partial charge on any atom is -0.479 e. The Morgan fingerprint density at radius 3 is 2.60 bits per heavy atom. The van der Waals surface area contributed by atoms with Crippen LogP contribution in [0.5, 0.6) is 0 Å². The fourth-order valence-corrected chi connectivity index (χ4v) is 6.50. The number of nitrogens with zero attached hydrogens (tertiary/aromatic N) is 2. The Bertz CT molecular complexity index is 1390. The topological polar surface area (TPSA) is 155 Å². The number of ether oxygens (including phenoxy) is 2. The van der Waals surface area contributed by atoms with Crippen molar-refractivity contribution in [1.29, 1.82) is 0 Å². The first-order valence-corrected chi connectivity index (χ1v) is 15.9. The molecule has 1 aliphatic carbocycles. The summed E-state index contributed by atoms with van der Waals surface area (Å²) >= 11 is 6.11. The van der Waals surface area contributed by atoms with Gasteiger partial charge < -0.3 is 30.1 Å². The largest absolute Gasteiger partial charge is 0.479 e. The highest BCUT2D eigenvalue weighted by Gasteiger charge is 2.61. The van der Waals surface area contributed by atoms with Crippen molar-refractivity contribution >= 4 is 41.6 Å². The Morgan fingerprint density at radius 1 is 1.11 bits per heavy atom. The molecule has 0 spiro atoms.